The van der Waals surface area contributed by atoms with Crippen molar-refractivity contribution in [3.05, 3.63) is 82.4 Å². The number of aryl methyl sites for hydroxylation is 1. The van der Waals surface area contributed by atoms with Crippen LogP contribution in [0.1, 0.15) is 80.9 Å². The Balaban J connectivity index is 1.48. The maximum atomic E-state index is 12.1. The molecule has 0 unspecified atom stereocenters. The first-order chi connectivity index (χ1) is 18.9. The van der Waals surface area contributed by atoms with Gasteiger partial charge in [-0.2, -0.15) is 0 Å². The average Bonchev–Trinajstić information content (AvgIpc) is 2.94. The van der Waals surface area contributed by atoms with E-state index in [1.807, 2.05) is 42.5 Å². The van der Waals surface area contributed by atoms with Gasteiger partial charge in [0, 0.05) is 35.1 Å². The van der Waals surface area contributed by atoms with Crippen molar-refractivity contribution in [3.63, 3.8) is 0 Å². The van der Waals surface area contributed by atoms with E-state index >= 15 is 0 Å². The van der Waals surface area contributed by atoms with E-state index in [4.69, 9.17) is 10.2 Å². The van der Waals surface area contributed by atoms with Crippen LogP contribution < -0.4 is 5.32 Å². The molecular formula is C33H35NO5. The van der Waals surface area contributed by atoms with Gasteiger partial charge in [0.15, 0.2) is 0 Å². The van der Waals surface area contributed by atoms with Crippen molar-refractivity contribution < 1.29 is 24.6 Å². The number of carboxylic acid groups (broad SMARTS) is 2. The van der Waals surface area contributed by atoms with Crippen LogP contribution in [0.25, 0.3) is 0 Å². The van der Waals surface area contributed by atoms with Crippen LogP contribution in [0.3, 0.4) is 0 Å². The molecule has 2 aromatic carbocycles. The molecule has 0 radical (unpaired) electrons. The minimum atomic E-state index is -1.22. The number of unbranched alkanes of at least 4 members (excludes halogenated alkanes) is 2. The lowest BCUT2D eigenvalue weighted by Gasteiger charge is -2.13. The minimum absolute atomic E-state index is 0.130. The first-order valence-electron chi connectivity index (χ1n) is 13.5. The van der Waals surface area contributed by atoms with Crippen LogP contribution in [-0.2, 0) is 20.8 Å². The maximum absolute atomic E-state index is 12.1. The number of hydrogen-bond donors (Lipinski definition) is 3. The highest BCUT2D eigenvalue weighted by Gasteiger charge is 2.20. The zero-order chi connectivity index (χ0) is 27.9. The third-order valence-electron chi connectivity index (χ3n) is 6.53. The van der Waals surface area contributed by atoms with Crippen LogP contribution >= 0.6 is 0 Å². The smallest absolute Gasteiger partial charge is 0.326 e. The summed E-state index contributed by atoms with van der Waals surface area (Å²) >= 11 is 0. The summed E-state index contributed by atoms with van der Waals surface area (Å²) in [5, 5.41) is 20.3. The van der Waals surface area contributed by atoms with Gasteiger partial charge in [-0.3, -0.25) is 9.59 Å². The normalized spacial score (nSPS) is 13.3. The molecule has 0 spiro atoms. The lowest BCUT2D eigenvalue weighted by atomic mass is 9.92. The second-order valence-electron chi connectivity index (χ2n) is 9.68. The molecule has 2 aromatic rings. The van der Waals surface area contributed by atoms with Crippen LogP contribution in [0.2, 0.25) is 0 Å². The molecule has 6 nitrogen and oxygen atoms in total. The summed E-state index contributed by atoms with van der Waals surface area (Å²) in [6.07, 6.45) is 7.23. The van der Waals surface area contributed by atoms with E-state index in [0.717, 1.165) is 67.2 Å². The Kier molecular flexibility index (Phi) is 11.9. The Morgan fingerprint density at radius 2 is 1.44 bits per heavy atom. The van der Waals surface area contributed by atoms with Gasteiger partial charge in [-0.25, -0.2) is 4.79 Å². The summed E-state index contributed by atoms with van der Waals surface area (Å²) in [7, 11) is 0. The third-order valence-corrected chi connectivity index (χ3v) is 6.53. The van der Waals surface area contributed by atoms with Gasteiger partial charge in [-0.1, -0.05) is 60.4 Å². The van der Waals surface area contributed by atoms with Gasteiger partial charge in [-0.05, 0) is 81.2 Å². The highest BCUT2D eigenvalue weighted by atomic mass is 16.4. The molecular weight excluding hydrogens is 490 g/mol. The second kappa shape index (κ2) is 15.8. The molecule has 1 aliphatic carbocycles. The number of amides is 1. The molecule has 0 aromatic heterocycles. The fraction of sp³-hybridized carbons (Fsp3) is 0.364. The third kappa shape index (κ3) is 10.9. The van der Waals surface area contributed by atoms with E-state index in [9.17, 15) is 14.4 Å². The van der Waals surface area contributed by atoms with E-state index < -0.39 is 18.0 Å². The van der Waals surface area contributed by atoms with Crippen molar-refractivity contribution in [3.8, 4) is 23.7 Å². The van der Waals surface area contributed by atoms with Gasteiger partial charge < -0.3 is 15.5 Å². The molecule has 0 aliphatic heterocycles. The molecule has 1 amide bonds. The van der Waals surface area contributed by atoms with Crippen LogP contribution in [0.4, 0.5) is 0 Å². The fourth-order valence-electron chi connectivity index (χ4n) is 4.39. The van der Waals surface area contributed by atoms with Crippen LogP contribution in [0, 0.1) is 23.7 Å². The standard InChI is InChI=1S/C33H35NO5/c35-31(34-30(33(38)39)22-23-32(36)37)17-6-2-5-12-26-13-9-14-27(24-26)19-21-29-16-8-7-15-28(29)20-18-25-10-3-1-4-11-25/h1,3-4,9-11,13-14,24,30H,2,5-8,12,15-17,22-23H2,(H,34,35)(H,36,37)(H,38,39)/t30-/m0/s1. The van der Waals surface area contributed by atoms with E-state index in [1.165, 1.54) is 5.56 Å². The van der Waals surface area contributed by atoms with Crippen molar-refractivity contribution >= 4 is 17.8 Å². The van der Waals surface area contributed by atoms with Crippen molar-refractivity contribution in [1.82, 2.24) is 5.32 Å². The zero-order valence-electron chi connectivity index (χ0n) is 22.2. The van der Waals surface area contributed by atoms with Gasteiger partial charge in [0.2, 0.25) is 5.91 Å². The summed E-state index contributed by atoms with van der Waals surface area (Å²) in [6.45, 7) is 0. The highest BCUT2D eigenvalue weighted by Crippen LogP contribution is 2.24. The molecule has 0 saturated heterocycles. The number of allylic oxidation sites excluding steroid dienone is 2. The Labute approximate surface area is 230 Å². The predicted molar refractivity (Wildman–Crippen MR) is 151 cm³/mol. The first kappa shape index (κ1) is 29.3. The summed E-state index contributed by atoms with van der Waals surface area (Å²) in [6, 6.07) is 17.1. The van der Waals surface area contributed by atoms with Crippen molar-refractivity contribution in [2.75, 3.05) is 0 Å². The van der Waals surface area contributed by atoms with Crippen molar-refractivity contribution in [1.29, 1.82) is 0 Å². The molecule has 0 saturated carbocycles. The monoisotopic (exact) mass is 525 g/mol. The molecule has 39 heavy (non-hydrogen) atoms. The molecule has 202 valence electrons. The van der Waals surface area contributed by atoms with Gasteiger partial charge in [0.25, 0.3) is 0 Å². The second-order valence-corrected chi connectivity index (χ2v) is 9.68. The lowest BCUT2D eigenvalue weighted by molar-refractivity contribution is -0.143. The van der Waals surface area contributed by atoms with E-state index in [0.29, 0.717) is 6.42 Å². The number of aliphatic carboxylic acids is 2. The first-order valence-corrected chi connectivity index (χ1v) is 13.5. The minimum Gasteiger partial charge on any atom is -0.481 e. The SMILES string of the molecule is O=C(O)CC[C@H](NC(=O)CCCCCc1cccc(C#CC2=C(C#Cc3ccccc3)CCCC2)c1)C(=O)O. The molecule has 1 atom stereocenters. The summed E-state index contributed by atoms with van der Waals surface area (Å²) in [5.41, 5.74) is 5.46. The van der Waals surface area contributed by atoms with Gasteiger partial charge in [0.05, 0.1) is 0 Å². The van der Waals surface area contributed by atoms with Crippen LogP contribution in [0.15, 0.2) is 65.7 Å². The number of carboxylic acids is 2. The summed E-state index contributed by atoms with van der Waals surface area (Å²) < 4.78 is 0. The van der Waals surface area contributed by atoms with E-state index in [2.05, 4.69) is 41.1 Å². The van der Waals surface area contributed by atoms with Gasteiger partial charge >= 0.3 is 11.9 Å². The number of nitrogens with one attached hydrogen (secondary N) is 1. The molecule has 1 aliphatic rings. The topological polar surface area (TPSA) is 104 Å². The number of rotatable bonds is 11. The maximum Gasteiger partial charge on any atom is 0.326 e. The summed E-state index contributed by atoms with van der Waals surface area (Å²) in [5.74, 6) is 10.7. The Bertz CT molecular complexity index is 1300. The fourth-order valence-corrected chi connectivity index (χ4v) is 4.39. The Morgan fingerprint density at radius 1 is 0.769 bits per heavy atom. The van der Waals surface area contributed by atoms with E-state index in [-0.39, 0.29) is 25.2 Å². The van der Waals surface area contributed by atoms with Gasteiger partial charge in [0.1, 0.15) is 6.04 Å². The largest absolute Gasteiger partial charge is 0.481 e. The predicted octanol–water partition coefficient (Wildman–Crippen LogP) is 5.50. The van der Waals surface area contributed by atoms with Crippen molar-refractivity contribution in [2.45, 2.75) is 76.7 Å². The summed E-state index contributed by atoms with van der Waals surface area (Å²) in [4.78, 5) is 34.0. The van der Waals surface area contributed by atoms with Gasteiger partial charge in [-0.15, -0.1) is 0 Å². The Hall–Kier alpha value is -4.29. The molecule has 0 bridgehead atoms. The quantitative estimate of drug-likeness (QED) is 0.266. The van der Waals surface area contributed by atoms with Crippen LogP contribution in [-0.4, -0.2) is 34.1 Å². The molecule has 3 N–H and O–H groups in total. The average molecular weight is 526 g/mol. The number of carbonyl (C=O) groups is 3. The number of carbonyl (C=O) groups excluding carboxylic acids is 1. The van der Waals surface area contributed by atoms with E-state index in [1.54, 1.807) is 0 Å². The highest BCUT2D eigenvalue weighted by molar-refractivity contribution is 5.83. The van der Waals surface area contributed by atoms with Crippen LogP contribution in [0.5, 0.6) is 0 Å². The number of benzene rings is 2. The molecule has 0 fully saturated rings. The molecule has 6 heteroatoms. The molecule has 0 heterocycles. The zero-order valence-corrected chi connectivity index (χ0v) is 22.2. The lowest BCUT2D eigenvalue weighted by Crippen LogP contribution is -2.41. The number of hydrogen-bond acceptors (Lipinski definition) is 3. The Morgan fingerprint density at radius 3 is 2.10 bits per heavy atom. The molecule has 3 rings (SSSR count). The van der Waals surface area contributed by atoms with Crippen molar-refractivity contribution in [2.24, 2.45) is 0 Å².